The maximum Gasteiger partial charge on any atom is 0.308 e. The molecule has 2 amide bonds. The number of carbonyl (C=O) groups excluding carboxylic acids is 4. The van der Waals surface area contributed by atoms with E-state index < -0.39 is 6.04 Å². The number of ether oxygens (including phenoxy) is 1. The quantitative estimate of drug-likeness (QED) is 0.592. The first-order valence-electron chi connectivity index (χ1n) is 13.4. The minimum absolute atomic E-state index is 0.0307. The number of ketones is 1. The number of benzene rings is 2. The van der Waals surface area contributed by atoms with Crippen molar-refractivity contribution in [2.45, 2.75) is 69.9 Å². The van der Waals surface area contributed by atoms with E-state index in [4.69, 9.17) is 4.74 Å². The van der Waals surface area contributed by atoms with Crippen LogP contribution in [-0.2, 0) is 49.6 Å². The largest absolute Gasteiger partial charge is 0.463 e. The number of hydrogen-bond acceptors (Lipinski definition) is 5. The topological polar surface area (TPSA) is 102 Å². The molecule has 37 heavy (non-hydrogen) atoms. The van der Waals surface area contributed by atoms with E-state index in [1.165, 1.54) is 16.7 Å². The molecule has 3 aliphatic rings. The highest BCUT2D eigenvalue weighted by Gasteiger charge is 2.37. The molecule has 1 fully saturated rings. The van der Waals surface area contributed by atoms with Gasteiger partial charge in [0.05, 0.1) is 18.5 Å². The Bertz CT molecular complexity index is 1180. The molecule has 2 bridgehead atoms. The highest BCUT2D eigenvalue weighted by Crippen LogP contribution is 2.36. The molecule has 1 aliphatic heterocycles. The third-order valence-electron chi connectivity index (χ3n) is 8.06. The minimum Gasteiger partial charge on any atom is -0.463 e. The van der Waals surface area contributed by atoms with Crippen LogP contribution >= 0.6 is 0 Å². The predicted molar refractivity (Wildman–Crippen MR) is 138 cm³/mol. The highest BCUT2D eigenvalue weighted by atomic mass is 16.5. The van der Waals surface area contributed by atoms with Crippen LogP contribution in [0.5, 0.6) is 0 Å². The Balaban J connectivity index is 1.28. The van der Waals surface area contributed by atoms with E-state index in [1.54, 1.807) is 0 Å². The number of hydrogen-bond donors (Lipinski definition) is 2. The van der Waals surface area contributed by atoms with Crippen LogP contribution in [0.15, 0.2) is 48.5 Å². The molecule has 0 saturated carbocycles. The lowest BCUT2D eigenvalue weighted by atomic mass is 9.71. The van der Waals surface area contributed by atoms with Gasteiger partial charge >= 0.3 is 5.97 Å². The summed E-state index contributed by atoms with van der Waals surface area (Å²) in [5.41, 5.74) is 4.77. The molecule has 1 saturated heterocycles. The van der Waals surface area contributed by atoms with Gasteiger partial charge in [0.1, 0.15) is 6.61 Å². The van der Waals surface area contributed by atoms with Crippen LogP contribution in [0.25, 0.3) is 0 Å². The minimum atomic E-state index is -0.521. The zero-order valence-electron chi connectivity index (χ0n) is 21.0. The van der Waals surface area contributed by atoms with Crippen LogP contribution in [0.3, 0.4) is 0 Å². The first-order chi connectivity index (χ1) is 18.0. The molecule has 5 rings (SSSR count). The first kappa shape index (κ1) is 25.2. The van der Waals surface area contributed by atoms with Crippen molar-refractivity contribution >= 4 is 23.6 Å². The van der Waals surface area contributed by atoms with Gasteiger partial charge in [0.15, 0.2) is 5.78 Å². The molecule has 2 aromatic rings. The molecular weight excluding hydrogens is 468 g/mol. The molecule has 7 heteroatoms. The molecule has 0 radical (unpaired) electrons. The molecule has 2 aromatic carbocycles. The molecule has 1 unspecified atom stereocenters. The van der Waals surface area contributed by atoms with Gasteiger partial charge in [-0.3, -0.25) is 19.2 Å². The van der Waals surface area contributed by atoms with Gasteiger partial charge in [-0.2, -0.15) is 0 Å². The number of nitrogens with one attached hydrogen (secondary N) is 2. The molecular formula is C30H34N2O5. The van der Waals surface area contributed by atoms with Crippen molar-refractivity contribution in [2.24, 2.45) is 11.8 Å². The molecule has 1 heterocycles. The van der Waals surface area contributed by atoms with E-state index in [9.17, 15) is 19.2 Å². The fourth-order valence-corrected chi connectivity index (χ4v) is 5.99. The summed E-state index contributed by atoms with van der Waals surface area (Å²) in [6, 6.07) is 15.3. The average molecular weight is 503 g/mol. The number of amides is 2. The summed E-state index contributed by atoms with van der Waals surface area (Å²) in [5, 5.41) is 6.01. The van der Waals surface area contributed by atoms with Gasteiger partial charge < -0.3 is 15.4 Å². The number of carbonyl (C=O) groups is 4. The van der Waals surface area contributed by atoms with Crippen molar-refractivity contribution in [3.63, 3.8) is 0 Å². The number of esters is 1. The van der Waals surface area contributed by atoms with Gasteiger partial charge in [0, 0.05) is 18.8 Å². The molecule has 0 spiro atoms. The third-order valence-corrected chi connectivity index (χ3v) is 8.06. The average Bonchev–Trinajstić information content (AvgIpc) is 3.32. The monoisotopic (exact) mass is 502 g/mol. The van der Waals surface area contributed by atoms with Crippen molar-refractivity contribution in [3.8, 4) is 0 Å². The smallest absolute Gasteiger partial charge is 0.308 e. The summed E-state index contributed by atoms with van der Waals surface area (Å²) >= 11 is 0. The predicted octanol–water partition coefficient (Wildman–Crippen LogP) is 2.86. The van der Waals surface area contributed by atoms with E-state index in [-0.39, 0.29) is 54.5 Å². The zero-order valence-corrected chi connectivity index (χ0v) is 21.0. The molecule has 0 aromatic heterocycles. The zero-order chi connectivity index (χ0) is 25.8. The van der Waals surface area contributed by atoms with E-state index in [2.05, 4.69) is 22.8 Å². The van der Waals surface area contributed by atoms with Crippen molar-refractivity contribution in [1.29, 1.82) is 0 Å². The standard InChI is InChI=1S/C30H34N2O5/c33-27-13-11-22-15-24-20(10-12-26(27)32-28(34)14-9-19-5-2-1-3-6-19)7-4-8-21(24)16-25(22)30(36)31-23-17-29(35)37-18-23/h1-8,22-23,25-26H,9-18H2,(H,31,36)(H,32,34)/t22?,23-,25+,26-/m0/s1. The molecule has 4 atom stereocenters. The van der Waals surface area contributed by atoms with Crippen molar-refractivity contribution in [2.75, 3.05) is 6.61 Å². The maximum atomic E-state index is 13.3. The fraction of sp³-hybridized carbons (Fsp3) is 0.467. The second-order valence-corrected chi connectivity index (χ2v) is 10.6. The summed E-state index contributed by atoms with van der Waals surface area (Å²) in [7, 11) is 0. The van der Waals surface area contributed by atoms with E-state index in [1.807, 2.05) is 36.4 Å². The second-order valence-electron chi connectivity index (χ2n) is 10.6. The number of cyclic esters (lactones) is 1. The third kappa shape index (κ3) is 6.09. The van der Waals surface area contributed by atoms with Crippen molar-refractivity contribution in [1.82, 2.24) is 10.6 Å². The lowest BCUT2D eigenvalue weighted by molar-refractivity contribution is -0.138. The lowest BCUT2D eigenvalue weighted by Crippen LogP contribution is -2.45. The summed E-state index contributed by atoms with van der Waals surface area (Å²) in [4.78, 5) is 50.7. The van der Waals surface area contributed by atoms with Gasteiger partial charge in [-0.1, -0.05) is 48.5 Å². The van der Waals surface area contributed by atoms with Crippen molar-refractivity contribution < 1.29 is 23.9 Å². The van der Waals surface area contributed by atoms with Gasteiger partial charge in [-0.15, -0.1) is 0 Å². The van der Waals surface area contributed by atoms with Crippen LogP contribution in [-0.4, -0.2) is 42.3 Å². The highest BCUT2D eigenvalue weighted by molar-refractivity contribution is 5.89. The second kappa shape index (κ2) is 11.3. The van der Waals surface area contributed by atoms with E-state index >= 15 is 0 Å². The van der Waals surface area contributed by atoms with Gasteiger partial charge in [-0.25, -0.2) is 0 Å². The number of aryl methyl sites for hydroxylation is 2. The molecule has 7 nitrogen and oxygen atoms in total. The lowest BCUT2D eigenvalue weighted by Gasteiger charge is -2.35. The summed E-state index contributed by atoms with van der Waals surface area (Å²) in [6.07, 6.45) is 4.80. The van der Waals surface area contributed by atoms with Crippen LogP contribution < -0.4 is 10.6 Å². The normalized spacial score (nSPS) is 25.2. The summed E-state index contributed by atoms with van der Waals surface area (Å²) in [5.74, 6) is -0.660. The van der Waals surface area contributed by atoms with Gasteiger partial charge in [-0.05, 0) is 66.7 Å². The van der Waals surface area contributed by atoms with E-state index in [0.717, 1.165) is 12.0 Å². The van der Waals surface area contributed by atoms with Crippen molar-refractivity contribution in [3.05, 3.63) is 70.8 Å². The summed E-state index contributed by atoms with van der Waals surface area (Å²) < 4.78 is 5.01. The fourth-order valence-electron chi connectivity index (χ4n) is 5.99. The van der Waals surface area contributed by atoms with Gasteiger partial charge in [0.2, 0.25) is 11.8 Å². The Morgan fingerprint density at radius 2 is 1.68 bits per heavy atom. The van der Waals surface area contributed by atoms with Gasteiger partial charge in [0.25, 0.3) is 0 Å². The first-order valence-corrected chi connectivity index (χ1v) is 13.4. The molecule has 194 valence electrons. The number of Topliss-reactive ketones (excluding diaryl/α,β-unsaturated/α-hetero) is 1. The molecule has 2 N–H and O–H groups in total. The maximum absolute atomic E-state index is 13.3. The number of rotatable bonds is 6. The Hall–Kier alpha value is -3.48. The van der Waals surface area contributed by atoms with Crippen LogP contribution in [0.4, 0.5) is 0 Å². The van der Waals surface area contributed by atoms with Crippen LogP contribution in [0.2, 0.25) is 0 Å². The van der Waals surface area contributed by atoms with Crippen LogP contribution in [0, 0.1) is 11.8 Å². The summed E-state index contributed by atoms with van der Waals surface area (Å²) in [6.45, 7) is 0.215. The Morgan fingerprint density at radius 3 is 2.46 bits per heavy atom. The number of fused-ring (bicyclic) bond motifs is 1. The van der Waals surface area contributed by atoms with E-state index in [0.29, 0.717) is 44.9 Å². The van der Waals surface area contributed by atoms with Crippen LogP contribution in [0.1, 0.15) is 54.4 Å². The SMILES string of the molecule is O=C(CCc1ccccc1)N[C@H]1CCc2cccc3c2CC(CCC1=O)[C@H](C(=O)N[C@@H]1COC(=O)C1)C3. The molecule has 2 aliphatic carbocycles. The Kier molecular flexibility index (Phi) is 7.68. The Labute approximate surface area is 217 Å². The Morgan fingerprint density at radius 1 is 0.865 bits per heavy atom.